The number of aromatic nitrogens is 2. The van der Waals surface area contributed by atoms with Gasteiger partial charge in [0.1, 0.15) is 0 Å². The van der Waals surface area contributed by atoms with Gasteiger partial charge >= 0.3 is 5.97 Å². The molecule has 1 aliphatic rings. The second kappa shape index (κ2) is 7.09. The van der Waals surface area contributed by atoms with Gasteiger partial charge < -0.3 is 9.67 Å². The van der Waals surface area contributed by atoms with E-state index in [1.54, 1.807) is 0 Å². The van der Waals surface area contributed by atoms with Crippen LogP contribution in [0.25, 0.3) is 0 Å². The predicted octanol–water partition coefficient (Wildman–Crippen LogP) is 3.86. The molecule has 2 rings (SSSR count). The summed E-state index contributed by atoms with van der Waals surface area (Å²) in [5.41, 5.74) is 1.21. The largest absolute Gasteiger partial charge is 0.481 e. The van der Waals surface area contributed by atoms with E-state index in [-0.39, 0.29) is 5.75 Å². The summed E-state index contributed by atoms with van der Waals surface area (Å²) in [4.78, 5) is 15.3. The minimum absolute atomic E-state index is 0.0703. The van der Waals surface area contributed by atoms with Gasteiger partial charge in [-0.05, 0) is 25.0 Å². The quantitative estimate of drug-likeness (QED) is 0.770. The van der Waals surface area contributed by atoms with Gasteiger partial charge in [0, 0.05) is 23.2 Å². The Kier molecular flexibility index (Phi) is 5.66. The van der Waals surface area contributed by atoms with Crippen LogP contribution in [0.4, 0.5) is 0 Å². The molecule has 0 aliphatic heterocycles. The van der Waals surface area contributed by atoms with Crippen LogP contribution in [0.1, 0.15) is 51.1 Å². The first-order chi connectivity index (χ1) is 9.97. The molecule has 0 unspecified atom stereocenters. The zero-order chi connectivity index (χ0) is 15.5. The Labute approximate surface area is 135 Å². The fourth-order valence-corrected chi connectivity index (χ4v) is 4.63. The number of carboxylic acids is 1. The Bertz CT molecular complexity index is 494. The molecule has 6 heteroatoms. The van der Waals surface area contributed by atoms with Gasteiger partial charge in [-0.3, -0.25) is 4.79 Å². The van der Waals surface area contributed by atoms with E-state index in [1.807, 2.05) is 18.0 Å². The molecular weight excluding hydrogens is 304 g/mol. The number of nitrogens with zero attached hydrogens (tertiary/aromatic N) is 2. The van der Waals surface area contributed by atoms with E-state index in [4.69, 9.17) is 5.11 Å². The van der Waals surface area contributed by atoms with Crippen LogP contribution in [-0.2, 0) is 11.3 Å². The van der Waals surface area contributed by atoms with E-state index < -0.39 is 5.97 Å². The van der Waals surface area contributed by atoms with Crippen LogP contribution in [0.2, 0.25) is 0 Å². The van der Waals surface area contributed by atoms with Crippen LogP contribution in [-0.4, -0.2) is 37.4 Å². The van der Waals surface area contributed by atoms with Crippen LogP contribution in [0.15, 0.2) is 11.4 Å². The molecule has 118 valence electrons. The van der Waals surface area contributed by atoms with Gasteiger partial charge in [0.05, 0.1) is 5.75 Å². The average molecular weight is 329 g/mol. The van der Waals surface area contributed by atoms with E-state index >= 15 is 0 Å². The smallest absolute Gasteiger partial charge is 0.313 e. The second-order valence-electron chi connectivity index (χ2n) is 5.98. The summed E-state index contributed by atoms with van der Waals surface area (Å²) in [6.07, 6.45) is 9.19. The molecule has 0 bridgehead atoms. The third-order valence-corrected chi connectivity index (χ3v) is 6.54. The van der Waals surface area contributed by atoms with Crippen molar-refractivity contribution >= 4 is 29.5 Å². The lowest BCUT2D eigenvalue weighted by Crippen LogP contribution is -2.28. The highest BCUT2D eigenvalue weighted by Crippen LogP contribution is 2.42. The maximum Gasteiger partial charge on any atom is 0.313 e. The number of aliphatic carboxylic acids is 1. The van der Waals surface area contributed by atoms with Crippen molar-refractivity contribution in [3.63, 3.8) is 0 Å². The predicted molar refractivity (Wildman–Crippen MR) is 89.4 cm³/mol. The Morgan fingerprint density at radius 3 is 2.67 bits per heavy atom. The first kappa shape index (κ1) is 16.7. The summed E-state index contributed by atoms with van der Waals surface area (Å²) in [7, 11) is 0. The molecule has 4 nitrogen and oxygen atoms in total. The lowest BCUT2D eigenvalue weighted by atomic mass is 10.1. The number of rotatable bonds is 7. The topological polar surface area (TPSA) is 55.1 Å². The molecule has 0 saturated heterocycles. The second-order valence-corrected chi connectivity index (χ2v) is 8.20. The van der Waals surface area contributed by atoms with E-state index in [9.17, 15) is 4.79 Å². The van der Waals surface area contributed by atoms with Crippen molar-refractivity contribution in [2.45, 2.75) is 61.9 Å². The van der Waals surface area contributed by atoms with Crippen LogP contribution < -0.4 is 0 Å². The summed E-state index contributed by atoms with van der Waals surface area (Å²) < 4.78 is 2.56. The molecule has 21 heavy (non-hydrogen) atoms. The molecule has 1 aromatic rings. The Morgan fingerprint density at radius 1 is 1.48 bits per heavy atom. The first-order valence-electron chi connectivity index (χ1n) is 7.42. The van der Waals surface area contributed by atoms with Gasteiger partial charge in [-0.1, -0.05) is 38.5 Å². The Hall–Kier alpha value is -0.620. The summed E-state index contributed by atoms with van der Waals surface area (Å²) >= 11 is 3.29. The fraction of sp³-hybridized carbons (Fsp3) is 0.733. The highest BCUT2D eigenvalue weighted by Gasteiger charge is 2.34. The van der Waals surface area contributed by atoms with Crippen molar-refractivity contribution in [1.29, 1.82) is 0 Å². The maximum absolute atomic E-state index is 10.8. The molecule has 1 fully saturated rings. The molecule has 0 atom stereocenters. The van der Waals surface area contributed by atoms with Gasteiger partial charge in [-0.25, -0.2) is 4.98 Å². The molecule has 1 heterocycles. The standard InChI is InChI=1S/C15H24N2O2S2/c1-11(2)12-8-16-14(21-9-13(18)19)17(12)10-15(20-3)6-4-5-7-15/h8,11H,4-7,9-10H2,1-3H3,(H,18,19). The number of carboxylic acid groups (broad SMARTS) is 1. The van der Waals surface area contributed by atoms with Crippen molar-refractivity contribution in [1.82, 2.24) is 9.55 Å². The first-order valence-corrected chi connectivity index (χ1v) is 9.63. The Balaban J connectivity index is 2.25. The van der Waals surface area contributed by atoms with Gasteiger partial charge in [-0.2, -0.15) is 11.8 Å². The van der Waals surface area contributed by atoms with E-state index in [1.165, 1.54) is 43.1 Å². The third kappa shape index (κ3) is 3.97. The van der Waals surface area contributed by atoms with E-state index in [0.29, 0.717) is 10.7 Å². The number of hydrogen-bond donors (Lipinski definition) is 1. The minimum atomic E-state index is -0.791. The summed E-state index contributed by atoms with van der Waals surface area (Å²) in [6.45, 7) is 5.28. The van der Waals surface area contributed by atoms with Crippen molar-refractivity contribution in [3.05, 3.63) is 11.9 Å². The third-order valence-electron chi connectivity index (χ3n) is 4.16. The lowest BCUT2D eigenvalue weighted by Gasteiger charge is -2.29. The molecule has 1 N–H and O–H groups in total. The fourth-order valence-electron chi connectivity index (χ4n) is 2.97. The summed E-state index contributed by atoms with van der Waals surface area (Å²) in [6, 6.07) is 0. The van der Waals surface area contributed by atoms with Crippen molar-refractivity contribution in [2.24, 2.45) is 0 Å². The van der Waals surface area contributed by atoms with Gasteiger partial charge in [0.15, 0.2) is 5.16 Å². The number of thioether (sulfide) groups is 2. The maximum atomic E-state index is 10.8. The number of imidazole rings is 1. The number of carbonyl (C=O) groups is 1. The van der Waals surface area contributed by atoms with Gasteiger partial charge in [0.25, 0.3) is 0 Å². The number of hydrogen-bond acceptors (Lipinski definition) is 4. The zero-order valence-corrected chi connectivity index (χ0v) is 14.6. The van der Waals surface area contributed by atoms with Crippen LogP contribution in [0.5, 0.6) is 0 Å². The van der Waals surface area contributed by atoms with Crippen LogP contribution >= 0.6 is 23.5 Å². The van der Waals surface area contributed by atoms with Crippen LogP contribution in [0, 0.1) is 0 Å². The average Bonchev–Trinajstić information content (AvgIpc) is 3.04. The summed E-state index contributed by atoms with van der Waals surface area (Å²) in [5.74, 6) is -0.320. The SMILES string of the molecule is CSC1(Cn2c(C(C)C)cnc2SCC(=O)O)CCCC1. The monoisotopic (exact) mass is 328 g/mol. The van der Waals surface area contributed by atoms with Gasteiger partial charge in [-0.15, -0.1) is 0 Å². The van der Waals surface area contributed by atoms with Gasteiger partial charge in [0.2, 0.25) is 0 Å². The Morgan fingerprint density at radius 2 is 2.14 bits per heavy atom. The minimum Gasteiger partial charge on any atom is -0.481 e. The lowest BCUT2D eigenvalue weighted by molar-refractivity contribution is -0.133. The van der Waals surface area contributed by atoms with Crippen molar-refractivity contribution in [2.75, 3.05) is 12.0 Å². The van der Waals surface area contributed by atoms with E-state index in [0.717, 1.165) is 11.7 Å². The molecule has 1 aromatic heterocycles. The molecule has 0 spiro atoms. The molecular formula is C15H24N2O2S2. The highest BCUT2D eigenvalue weighted by atomic mass is 32.2. The van der Waals surface area contributed by atoms with E-state index in [2.05, 4.69) is 29.7 Å². The molecule has 0 aromatic carbocycles. The van der Waals surface area contributed by atoms with Crippen LogP contribution in [0.3, 0.4) is 0 Å². The molecule has 0 amide bonds. The highest BCUT2D eigenvalue weighted by molar-refractivity contribution is 8.00. The molecule has 1 saturated carbocycles. The van der Waals surface area contributed by atoms with Crippen molar-refractivity contribution in [3.8, 4) is 0 Å². The zero-order valence-electron chi connectivity index (χ0n) is 13.0. The van der Waals surface area contributed by atoms with Crippen molar-refractivity contribution < 1.29 is 9.90 Å². The molecule has 0 radical (unpaired) electrons. The summed E-state index contributed by atoms with van der Waals surface area (Å²) in [5, 5.41) is 9.75. The normalized spacial score (nSPS) is 17.5. The molecule has 1 aliphatic carbocycles.